The van der Waals surface area contributed by atoms with Crippen molar-refractivity contribution in [3.63, 3.8) is 0 Å². The minimum atomic E-state index is -0.118. The van der Waals surface area contributed by atoms with E-state index in [1.54, 1.807) is 11.8 Å². The van der Waals surface area contributed by atoms with E-state index in [4.69, 9.17) is 0 Å². The zero-order valence-electron chi connectivity index (χ0n) is 12.0. The highest BCUT2D eigenvalue weighted by Gasteiger charge is 2.07. The molecule has 0 N–H and O–H groups in total. The number of fused-ring (bicyclic) bond motifs is 1. The maximum atomic E-state index is 11.0. The third-order valence-corrected chi connectivity index (χ3v) is 4.35. The summed E-state index contributed by atoms with van der Waals surface area (Å²) < 4.78 is 6.75. The number of carbonyl (C=O) groups excluding carboxylic acids is 1. The molecular weight excluding hydrogens is 272 g/mol. The van der Waals surface area contributed by atoms with Crippen molar-refractivity contribution in [3.8, 4) is 0 Å². The van der Waals surface area contributed by atoms with Crippen molar-refractivity contribution >= 4 is 28.8 Å². The van der Waals surface area contributed by atoms with Gasteiger partial charge in [0.2, 0.25) is 0 Å². The number of benzene rings is 1. The molecule has 4 nitrogen and oxygen atoms in total. The quantitative estimate of drug-likeness (QED) is 0.446. The van der Waals surface area contributed by atoms with E-state index in [-0.39, 0.29) is 5.97 Å². The molecule has 0 saturated carbocycles. The van der Waals surface area contributed by atoms with Gasteiger partial charge in [0.15, 0.2) is 5.16 Å². The number of thioether (sulfide) groups is 1. The number of esters is 1. The molecule has 0 aliphatic heterocycles. The Labute approximate surface area is 123 Å². The van der Waals surface area contributed by atoms with Crippen LogP contribution in [-0.4, -0.2) is 28.4 Å². The molecule has 1 aromatic heterocycles. The van der Waals surface area contributed by atoms with E-state index in [9.17, 15) is 4.79 Å². The number of hydrogen-bond donors (Lipinski definition) is 0. The second-order valence-electron chi connectivity index (χ2n) is 4.68. The van der Waals surface area contributed by atoms with Gasteiger partial charge in [-0.05, 0) is 25.0 Å². The summed E-state index contributed by atoms with van der Waals surface area (Å²) in [6.07, 6.45) is 3.56. The number of carbonyl (C=O) groups is 1. The molecule has 0 aliphatic carbocycles. The number of ether oxygens (including phenoxy) is 1. The van der Waals surface area contributed by atoms with E-state index in [1.807, 2.05) is 18.2 Å². The Morgan fingerprint density at radius 1 is 1.30 bits per heavy atom. The number of hydrogen-bond acceptors (Lipinski definition) is 4. The summed E-state index contributed by atoms with van der Waals surface area (Å²) >= 11 is 1.77. The molecule has 0 aliphatic rings. The van der Waals surface area contributed by atoms with Crippen LogP contribution >= 0.6 is 11.8 Å². The average Bonchev–Trinajstić information content (AvgIpc) is 2.79. The molecule has 5 heteroatoms. The number of para-hydroxylation sites is 2. The zero-order valence-corrected chi connectivity index (χ0v) is 12.8. The fraction of sp³-hybridized carbons (Fsp3) is 0.467. The molecule has 2 aromatic rings. The number of nitrogens with zero attached hydrogens (tertiary/aromatic N) is 2. The largest absolute Gasteiger partial charge is 0.469 e. The molecule has 108 valence electrons. The van der Waals surface area contributed by atoms with Crippen molar-refractivity contribution in [1.29, 1.82) is 0 Å². The normalized spacial score (nSPS) is 10.9. The third kappa shape index (κ3) is 3.76. The maximum absolute atomic E-state index is 11.0. The first-order valence-corrected chi connectivity index (χ1v) is 7.82. The lowest BCUT2D eigenvalue weighted by Crippen LogP contribution is -1.99. The predicted octanol–water partition coefficient (Wildman–Crippen LogP) is 3.40. The summed E-state index contributed by atoms with van der Waals surface area (Å²) in [6.45, 7) is 0. The smallest absolute Gasteiger partial charge is 0.305 e. The molecular formula is C15H20N2O2S. The van der Waals surface area contributed by atoms with Crippen LogP contribution in [0, 0.1) is 0 Å². The van der Waals surface area contributed by atoms with Crippen LogP contribution in [-0.2, 0) is 16.6 Å². The highest BCUT2D eigenvalue weighted by molar-refractivity contribution is 7.99. The minimum absolute atomic E-state index is 0.118. The van der Waals surface area contributed by atoms with Crippen LogP contribution in [0.3, 0.4) is 0 Å². The van der Waals surface area contributed by atoms with Crippen LogP contribution in [0.15, 0.2) is 29.4 Å². The highest BCUT2D eigenvalue weighted by Crippen LogP contribution is 2.23. The fourth-order valence-corrected chi connectivity index (χ4v) is 3.05. The van der Waals surface area contributed by atoms with Crippen molar-refractivity contribution in [1.82, 2.24) is 9.55 Å². The number of rotatable bonds is 7. The van der Waals surface area contributed by atoms with Crippen molar-refractivity contribution in [3.05, 3.63) is 24.3 Å². The summed E-state index contributed by atoms with van der Waals surface area (Å²) in [7, 11) is 3.48. The number of aromatic nitrogens is 2. The van der Waals surface area contributed by atoms with Crippen molar-refractivity contribution in [2.45, 2.75) is 30.8 Å². The fourth-order valence-electron chi connectivity index (χ4n) is 2.07. The molecule has 0 unspecified atom stereocenters. The standard InChI is InChI=1S/C15H20N2O2S/c1-17-13-9-6-5-8-12(13)16-15(17)20-11-7-3-4-10-14(18)19-2/h5-6,8-9H,3-4,7,10-11H2,1-2H3. The third-order valence-electron chi connectivity index (χ3n) is 3.23. The van der Waals surface area contributed by atoms with Gasteiger partial charge in [0, 0.05) is 19.2 Å². The molecule has 0 bridgehead atoms. The van der Waals surface area contributed by atoms with Crippen molar-refractivity contribution in [2.75, 3.05) is 12.9 Å². The first kappa shape index (κ1) is 14.9. The number of aryl methyl sites for hydroxylation is 1. The van der Waals surface area contributed by atoms with Crippen LogP contribution in [0.5, 0.6) is 0 Å². The molecule has 0 saturated heterocycles. The average molecular weight is 292 g/mol. The molecule has 0 radical (unpaired) electrons. The maximum Gasteiger partial charge on any atom is 0.305 e. The summed E-state index contributed by atoms with van der Waals surface area (Å²) in [4.78, 5) is 15.6. The van der Waals surface area contributed by atoms with Crippen LogP contribution < -0.4 is 0 Å². The van der Waals surface area contributed by atoms with Crippen LogP contribution in [0.2, 0.25) is 0 Å². The molecule has 1 aromatic carbocycles. The Kier molecular flexibility index (Phi) is 5.47. The zero-order chi connectivity index (χ0) is 14.4. The molecule has 0 fully saturated rings. The van der Waals surface area contributed by atoms with Gasteiger partial charge in [0.25, 0.3) is 0 Å². The number of imidazole rings is 1. The first-order valence-electron chi connectivity index (χ1n) is 6.83. The topological polar surface area (TPSA) is 44.1 Å². The first-order chi connectivity index (χ1) is 9.72. The Hall–Kier alpha value is -1.49. The molecule has 0 spiro atoms. The monoisotopic (exact) mass is 292 g/mol. The molecule has 20 heavy (non-hydrogen) atoms. The molecule has 2 rings (SSSR count). The Balaban J connectivity index is 1.76. The highest BCUT2D eigenvalue weighted by atomic mass is 32.2. The van der Waals surface area contributed by atoms with Gasteiger partial charge >= 0.3 is 5.97 Å². The summed E-state index contributed by atoms with van der Waals surface area (Å²) in [5.41, 5.74) is 2.21. The van der Waals surface area contributed by atoms with E-state index in [1.165, 1.54) is 12.6 Å². The molecule has 1 heterocycles. The minimum Gasteiger partial charge on any atom is -0.469 e. The van der Waals surface area contributed by atoms with Gasteiger partial charge < -0.3 is 9.30 Å². The van der Waals surface area contributed by atoms with Crippen LogP contribution in [0.1, 0.15) is 25.7 Å². The second kappa shape index (κ2) is 7.33. The number of unbranched alkanes of at least 4 members (excludes halogenated alkanes) is 2. The van der Waals surface area contributed by atoms with E-state index in [0.717, 1.165) is 35.7 Å². The van der Waals surface area contributed by atoms with Gasteiger partial charge in [0.1, 0.15) is 0 Å². The Bertz CT molecular complexity index is 580. The van der Waals surface area contributed by atoms with Gasteiger partial charge in [-0.15, -0.1) is 0 Å². The van der Waals surface area contributed by atoms with Crippen molar-refractivity contribution < 1.29 is 9.53 Å². The van der Waals surface area contributed by atoms with Gasteiger partial charge in [-0.1, -0.05) is 30.3 Å². The lowest BCUT2D eigenvalue weighted by atomic mass is 10.2. The molecule has 0 atom stereocenters. The second-order valence-corrected chi connectivity index (χ2v) is 5.74. The summed E-state index contributed by atoms with van der Waals surface area (Å²) in [6, 6.07) is 8.17. The summed E-state index contributed by atoms with van der Waals surface area (Å²) in [5, 5.41) is 1.05. The predicted molar refractivity (Wildman–Crippen MR) is 81.9 cm³/mol. The van der Waals surface area contributed by atoms with Gasteiger partial charge in [0.05, 0.1) is 18.1 Å². The molecule has 0 amide bonds. The van der Waals surface area contributed by atoms with Crippen LogP contribution in [0.4, 0.5) is 0 Å². The van der Waals surface area contributed by atoms with E-state index in [0.29, 0.717) is 6.42 Å². The Morgan fingerprint density at radius 2 is 2.10 bits per heavy atom. The lowest BCUT2D eigenvalue weighted by molar-refractivity contribution is -0.140. The Morgan fingerprint density at radius 3 is 2.85 bits per heavy atom. The van der Waals surface area contributed by atoms with Gasteiger partial charge in [-0.25, -0.2) is 4.98 Å². The van der Waals surface area contributed by atoms with Crippen molar-refractivity contribution in [2.24, 2.45) is 7.05 Å². The van der Waals surface area contributed by atoms with Gasteiger partial charge in [-0.3, -0.25) is 4.79 Å². The van der Waals surface area contributed by atoms with E-state index in [2.05, 4.69) is 27.4 Å². The van der Waals surface area contributed by atoms with Crippen LogP contribution in [0.25, 0.3) is 11.0 Å². The SMILES string of the molecule is COC(=O)CCCCCSc1nc2ccccc2n1C. The lowest BCUT2D eigenvalue weighted by Gasteiger charge is -2.02. The number of methoxy groups -OCH3 is 1. The van der Waals surface area contributed by atoms with E-state index < -0.39 is 0 Å². The van der Waals surface area contributed by atoms with E-state index >= 15 is 0 Å². The van der Waals surface area contributed by atoms with Gasteiger partial charge in [-0.2, -0.15) is 0 Å². The summed E-state index contributed by atoms with van der Waals surface area (Å²) in [5.74, 6) is 0.909.